The number of amides is 1. The maximum absolute atomic E-state index is 13.0. The van der Waals surface area contributed by atoms with Gasteiger partial charge in [-0.2, -0.15) is 0 Å². The fraction of sp³-hybridized carbons (Fsp3) is 0.143. The molecule has 4 aromatic rings. The Labute approximate surface area is 156 Å². The van der Waals surface area contributed by atoms with Crippen LogP contribution in [0.4, 0.5) is 5.69 Å². The molecule has 2 aromatic carbocycles. The molecule has 0 aliphatic rings. The third-order valence-electron chi connectivity index (χ3n) is 4.46. The standard InChI is InChI=1S/C21H20N4O2/c1-24(2)13-17-20(23-19-11-3-4-12-25(17)19)21(27)22-16-9-5-8-15-14(16)7-6-10-18(15)26/h3-12,26H,13H2,1-2H3,(H,22,27). The van der Waals surface area contributed by atoms with Crippen LogP contribution in [-0.2, 0) is 6.54 Å². The van der Waals surface area contributed by atoms with E-state index in [1.54, 1.807) is 12.1 Å². The van der Waals surface area contributed by atoms with Gasteiger partial charge in [-0.25, -0.2) is 4.98 Å². The van der Waals surface area contributed by atoms with Gasteiger partial charge in [-0.05, 0) is 38.4 Å². The summed E-state index contributed by atoms with van der Waals surface area (Å²) < 4.78 is 1.93. The van der Waals surface area contributed by atoms with E-state index in [-0.39, 0.29) is 11.7 Å². The lowest BCUT2D eigenvalue weighted by Gasteiger charge is -2.12. The molecule has 2 N–H and O–H groups in total. The van der Waals surface area contributed by atoms with Crippen molar-refractivity contribution in [1.29, 1.82) is 0 Å². The second kappa shape index (κ2) is 6.74. The topological polar surface area (TPSA) is 69.9 Å². The summed E-state index contributed by atoms with van der Waals surface area (Å²) in [5, 5.41) is 14.5. The van der Waals surface area contributed by atoms with Gasteiger partial charge in [0.2, 0.25) is 0 Å². The quantitative estimate of drug-likeness (QED) is 0.584. The summed E-state index contributed by atoms with van der Waals surface area (Å²) in [6, 6.07) is 16.4. The number of imidazole rings is 1. The van der Waals surface area contributed by atoms with Crippen molar-refractivity contribution in [2.75, 3.05) is 19.4 Å². The third kappa shape index (κ3) is 3.11. The van der Waals surface area contributed by atoms with Crippen molar-refractivity contribution in [3.05, 3.63) is 72.2 Å². The van der Waals surface area contributed by atoms with Crippen LogP contribution in [0, 0.1) is 0 Å². The summed E-state index contributed by atoms with van der Waals surface area (Å²) in [6.07, 6.45) is 1.91. The van der Waals surface area contributed by atoms with Crippen LogP contribution in [0.25, 0.3) is 16.4 Å². The number of phenols is 1. The molecule has 1 amide bonds. The highest BCUT2D eigenvalue weighted by Crippen LogP contribution is 2.30. The molecular weight excluding hydrogens is 340 g/mol. The lowest BCUT2D eigenvalue weighted by Crippen LogP contribution is -2.19. The van der Waals surface area contributed by atoms with Crippen molar-refractivity contribution < 1.29 is 9.90 Å². The highest BCUT2D eigenvalue weighted by molar-refractivity contribution is 6.09. The Balaban J connectivity index is 1.77. The Morgan fingerprint density at radius 3 is 2.67 bits per heavy atom. The van der Waals surface area contributed by atoms with Crippen LogP contribution in [0.3, 0.4) is 0 Å². The molecule has 0 fully saturated rings. The van der Waals surface area contributed by atoms with Gasteiger partial charge < -0.3 is 19.7 Å². The van der Waals surface area contributed by atoms with E-state index in [2.05, 4.69) is 10.3 Å². The third-order valence-corrected chi connectivity index (χ3v) is 4.46. The van der Waals surface area contributed by atoms with Crippen molar-refractivity contribution in [2.45, 2.75) is 6.54 Å². The number of hydrogen-bond acceptors (Lipinski definition) is 4. The molecule has 2 heterocycles. The molecule has 0 spiro atoms. The molecule has 0 radical (unpaired) electrons. The number of carbonyl (C=O) groups is 1. The van der Waals surface area contributed by atoms with E-state index in [4.69, 9.17) is 0 Å². The number of aromatic nitrogens is 2. The number of fused-ring (bicyclic) bond motifs is 2. The van der Waals surface area contributed by atoms with Gasteiger partial charge in [0.15, 0.2) is 5.69 Å². The average molecular weight is 360 g/mol. The molecule has 2 aromatic heterocycles. The van der Waals surface area contributed by atoms with Crippen molar-refractivity contribution in [2.24, 2.45) is 0 Å². The largest absolute Gasteiger partial charge is 0.507 e. The Morgan fingerprint density at radius 2 is 1.85 bits per heavy atom. The minimum Gasteiger partial charge on any atom is -0.507 e. The van der Waals surface area contributed by atoms with Crippen molar-refractivity contribution in [3.8, 4) is 5.75 Å². The van der Waals surface area contributed by atoms with Gasteiger partial charge in [0.25, 0.3) is 5.91 Å². The van der Waals surface area contributed by atoms with Crippen molar-refractivity contribution in [3.63, 3.8) is 0 Å². The van der Waals surface area contributed by atoms with Crippen LogP contribution in [0.5, 0.6) is 5.75 Å². The predicted molar refractivity (Wildman–Crippen MR) is 106 cm³/mol. The molecule has 0 atom stereocenters. The van der Waals surface area contributed by atoms with Gasteiger partial charge in [0.1, 0.15) is 11.4 Å². The normalized spacial score (nSPS) is 11.4. The second-order valence-corrected chi connectivity index (χ2v) is 6.71. The van der Waals surface area contributed by atoms with E-state index in [9.17, 15) is 9.90 Å². The van der Waals surface area contributed by atoms with Gasteiger partial charge in [0.05, 0.1) is 5.69 Å². The molecule has 4 rings (SSSR count). The molecule has 0 aliphatic heterocycles. The first-order chi connectivity index (χ1) is 13.0. The zero-order valence-electron chi connectivity index (χ0n) is 15.2. The number of phenolic OH excluding ortho intramolecular Hbond substituents is 1. The van der Waals surface area contributed by atoms with Crippen LogP contribution < -0.4 is 5.32 Å². The second-order valence-electron chi connectivity index (χ2n) is 6.71. The van der Waals surface area contributed by atoms with E-state index in [1.807, 2.05) is 72.1 Å². The van der Waals surface area contributed by atoms with Gasteiger partial charge >= 0.3 is 0 Å². The number of nitrogens with one attached hydrogen (secondary N) is 1. The highest BCUT2D eigenvalue weighted by Gasteiger charge is 2.20. The Hall–Kier alpha value is -3.38. The summed E-state index contributed by atoms with van der Waals surface area (Å²) in [6.45, 7) is 0.588. The van der Waals surface area contributed by atoms with Crippen molar-refractivity contribution in [1.82, 2.24) is 14.3 Å². The zero-order chi connectivity index (χ0) is 19.0. The summed E-state index contributed by atoms with van der Waals surface area (Å²) in [5.41, 5.74) is 2.60. The predicted octanol–water partition coefficient (Wildman–Crippen LogP) is 3.51. The number of benzene rings is 2. The van der Waals surface area contributed by atoms with Crippen LogP contribution in [-0.4, -0.2) is 39.4 Å². The number of rotatable bonds is 4. The number of carbonyl (C=O) groups excluding carboxylic acids is 1. The Kier molecular flexibility index (Phi) is 4.25. The van der Waals surface area contributed by atoms with E-state index in [0.29, 0.717) is 23.3 Å². The molecule has 0 aliphatic carbocycles. The first-order valence-corrected chi connectivity index (χ1v) is 8.67. The number of pyridine rings is 1. The number of nitrogens with zero attached hydrogens (tertiary/aromatic N) is 3. The van der Waals surface area contributed by atoms with E-state index >= 15 is 0 Å². The van der Waals surface area contributed by atoms with E-state index in [0.717, 1.165) is 16.7 Å². The number of hydrogen-bond donors (Lipinski definition) is 2. The molecule has 0 unspecified atom stereocenters. The first-order valence-electron chi connectivity index (χ1n) is 8.67. The smallest absolute Gasteiger partial charge is 0.276 e. The minimum atomic E-state index is -0.272. The SMILES string of the molecule is CN(C)Cc1c(C(=O)Nc2cccc3c(O)cccc23)nc2ccccn12. The molecule has 0 saturated heterocycles. The summed E-state index contributed by atoms with van der Waals surface area (Å²) in [7, 11) is 3.91. The summed E-state index contributed by atoms with van der Waals surface area (Å²) in [4.78, 5) is 19.6. The lowest BCUT2D eigenvalue weighted by molar-refractivity contribution is 0.102. The van der Waals surface area contributed by atoms with Crippen LogP contribution in [0.15, 0.2) is 60.8 Å². The molecule has 27 heavy (non-hydrogen) atoms. The summed E-state index contributed by atoms with van der Waals surface area (Å²) in [5.74, 6) is -0.0870. The van der Waals surface area contributed by atoms with Crippen LogP contribution in [0.1, 0.15) is 16.2 Å². The zero-order valence-corrected chi connectivity index (χ0v) is 15.2. The van der Waals surface area contributed by atoms with Crippen molar-refractivity contribution >= 4 is 28.0 Å². The fourth-order valence-electron chi connectivity index (χ4n) is 3.26. The van der Waals surface area contributed by atoms with Gasteiger partial charge in [-0.15, -0.1) is 0 Å². The number of anilines is 1. The van der Waals surface area contributed by atoms with Crippen LogP contribution in [0.2, 0.25) is 0 Å². The number of aromatic hydroxyl groups is 1. The maximum Gasteiger partial charge on any atom is 0.276 e. The Bertz CT molecular complexity index is 1150. The lowest BCUT2D eigenvalue weighted by atomic mass is 10.1. The van der Waals surface area contributed by atoms with Gasteiger partial charge in [0, 0.05) is 29.2 Å². The van der Waals surface area contributed by atoms with E-state index in [1.165, 1.54) is 0 Å². The average Bonchev–Trinajstić information content (AvgIpc) is 3.01. The first kappa shape index (κ1) is 17.1. The summed E-state index contributed by atoms with van der Waals surface area (Å²) >= 11 is 0. The van der Waals surface area contributed by atoms with Crippen LogP contribution >= 0.6 is 0 Å². The van der Waals surface area contributed by atoms with Gasteiger partial charge in [-0.1, -0.05) is 30.3 Å². The van der Waals surface area contributed by atoms with Gasteiger partial charge in [-0.3, -0.25) is 4.79 Å². The molecule has 6 heteroatoms. The molecule has 0 bridgehead atoms. The molecule has 0 saturated carbocycles. The molecular formula is C21H20N4O2. The highest BCUT2D eigenvalue weighted by atomic mass is 16.3. The molecule has 136 valence electrons. The van der Waals surface area contributed by atoms with E-state index < -0.39 is 0 Å². The maximum atomic E-state index is 13.0. The monoisotopic (exact) mass is 360 g/mol. The fourth-order valence-corrected chi connectivity index (χ4v) is 3.26. The minimum absolute atomic E-state index is 0.185. The Morgan fingerprint density at radius 1 is 1.07 bits per heavy atom. The molecule has 6 nitrogen and oxygen atoms in total.